The molecule has 1 N–H and O–H groups in total. The number of esters is 1. The molecule has 0 saturated heterocycles. The van der Waals surface area contributed by atoms with E-state index in [1.165, 1.54) is 24.8 Å². The van der Waals surface area contributed by atoms with Crippen LogP contribution in [0.3, 0.4) is 0 Å². The summed E-state index contributed by atoms with van der Waals surface area (Å²) in [7, 11) is 1.34. The summed E-state index contributed by atoms with van der Waals surface area (Å²) in [5, 5.41) is 4.57. The molecule has 0 fully saturated rings. The summed E-state index contributed by atoms with van der Waals surface area (Å²) in [5.41, 5.74) is 1.91. The third-order valence-electron chi connectivity index (χ3n) is 5.02. The minimum absolute atomic E-state index is 0.194. The van der Waals surface area contributed by atoms with Crippen LogP contribution in [0.15, 0.2) is 18.5 Å². The summed E-state index contributed by atoms with van der Waals surface area (Å²) in [5.74, 6) is -0.664. The smallest absolute Gasteiger partial charge is 0.341 e. The molecule has 0 unspecified atom stereocenters. The maximum absolute atomic E-state index is 12.6. The number of nitrogens with one attached hydrogen (secondary N) is 1. The van der Waals surface area contributed by atoms with Crippen molar-refractivity contribution in [2.75, 3.05) is 19.0 Å². The Morgan fingerprint density at radius 2 is 1.97 bits per heavy atom. The maximum Gasteiger partial charge on any atom is 0.341 e. The summed E-state index contributed by atoms with van der Waals surface area (Å²) in [6, 6.07) is 3.20. The zero-order valence-electron chi connectivity index (χ0n) is 16.7. The highest BCUT2D eigenvalue weighted by atomic mass is 35.5. The van der Waals surface area contributed by atoms with E-state index in [9.17, 15) is 9.59 Å². The van der Waals surface area contributed by atoms with Crippen molar-refractivity contribution in [3.8, 4) is 5.88 Å². The van der Waals surface area contributed by atoms with Gasteiger partial charge in [-0.2, -0.15) is 0 Å². The first kappa shape index (κ1) is 21.8. The molecule has 0 radical (unpaired) electrons. The lowest BCUT2D eigenvalue weighted by atomic mass is 10.1. The second-order valence-corrected chi connectivity index (χ2v) is 9.01. The minimum Gasteiger partial charge on any atom is -0.467 e. The first-order valence-electron chi connectivity index (χ1n) is 9.73. The molecule has 2 heterocycles. The van der Waals surface area contributed by atoms with E-state index < -0.39 is 11.9 Å². The molecule has 3 aromatic rings. The number of thiophene rings is 1. The molecule has 0 bridgehead atoms. The number of hydrogen-bond donors (Lipinski definition) is 1. The number of fused-ring (bicyclic) bond motifs is 2. The van der Waals surface area contributed by atoms with Crippen LogP contribution in [0.5, 0.6) is 5.88 Å². The highest BCUT2D eigenvalue weighted by Gasteiger charge is 2.26. The van der Waals surface area contributed by atoms with E-state index in [1.54, 1.807) is 12.1 Å². The number of carbonyl (C=O) groups is 2. The van der Waals surface area contributed by atoms with Gasteiger partial charge in [-0.25, -0.2) is 14.8 Å². The topological polar surface area (TPSA) is 90.4 Å². The molecule has 4 rings (SSSR count). The fourth-order valence-corrected chi connectivity index (χ4v) is 5.46. The molecule has 10 heteroatoms. The third-order valence-corrected chi connectivity index (χ3v) is 6.74. The number of anilines is 1. The van der Waals surface area contributed by atoms with Gasteiger partial charge in [0.15, 0.2) is 6.61 Å². The van der Waals surface area contributed by atoms with Crippen molar-refractivity contribution in [1.82, 2.24) is 9.97 Å². The van der Waals surface area contributed by atoms with Crippen LogP contribution in [-0.2, 0) is 22.4 Å². The van der Waals surface area contributed by atoms with Crippen LogP contribution in [0, 0.1) is 0 Å². The van der Waals surface area contributed by atoms with Gasteiger partial charge in [-0.3, -0.25) is 4.79 Å². The van der Waals surface area contributed by atoms with Gasteiger partial charge in [0.05, 0.1) is 28.6 Å². The fourth-order valence-electron chi connectivity index (χ4n) is 3.63. The molecule has 0 saturated carbocycles. The van der Waals surface area contributed by atoms with E-state index in [-0.39, 0.29) is 12.5 Å². The molecule has 162 valence electrons. The SMILES string of the molecule is COC(=O)c1c(NC(=O)COc2ncnc3c(Cl)cc(Cl)cc23)sc2c1CCCCC2. The van der Waals surface area contributed by atoms with E-state index >= 15 is 0 Å². The molecular weight excluding hydrogens is 461 g/mol. The van der Waals surface area contributed by atoms with Gasteiger partial charge in [-0.05, 0) is 43.4 Å². The first-order chi connectivity index (χ1) is 15.0. The Bertz CT molecular complexity index is 1170. The number of carbonyl (C=O) groups excluding carboxylic acids is 2. The van der Waals surface area contributed by atoms with Crippen molar-refractivity contribution in [3.63, 3.8) is 0 Å². The lowest BCUT2D eigenvalue weighted by Gasteiger charge is -2.10. The van der Waals surface area contributed by atoms with Crippen molar-refractivity contribution in [1.29, 1.82) is 0 Å². The number of ether oxygens (including phenoxy) is 2. The molecular formula is C21H19Cl2N3O4S. The van der Waals surface area contributed by atoms with E-state index in [1.807, 2.05) is 0 Å². The fraction of sp³-hybridized carbons (Fsp3) is 0.333. The van der Waals surface area contributed by atoms with Crippen molar-refractivity contribution in [2.24, 2.45) is 0 Å². The van der Waals surface area contributed by atoms with Gasteiger partial charge in [0.1, 0.15) is 11.3 Å². The van der Waals surface area contributed by atoms with Crippen LogP contribution in [0.25, 0.3) is 10.9 Å². The van der Waals surface area contributed by atoms with E-state index in [0.717, 1.165) is 42.5 Å². The number of rotatable bonds is 5. The van der Waals surface area contributed by atoms with Gasteiger partial charge in [0.25, 0.3) is 5.91 Å². The van der Waals surface area contributed by atoms with Gasteiger partial charge in [0, 0.05) is 9.90 Å². The summed E-state index contributed by atoms with van der Waals surface area (Å²) in [4.78, 5) is 34.4. The first-order valence-corrected chi connectivity index (χ1v) is 11.3. The number of amides is 1. The quantitative estimate of drug-likeness (QED) is 0.405. The van der Waals surface area contributed by atoms with Crippen molar-refractivity contribution >= 4 is 62.3 Å². The normalized spacial score (nSPS) is 13.4. The summed E-state index contributed by atoms with van der Waals surface area (Å²) in [6.45, 7) is -0.306. The number of aryl methyl sites for hydroxylation is 1. The van der Waals surface area contributed by atoms with E-state index in [2.05, 4.69) is 15.3 Å². The molecule has 0 spiro atoms. The molecule has 1 aliphatic rings. The molecule has 0 aliphatic heterocycles. The highest BCUT2D eigenvalue weighted by molar-refractivity contribution is 7.17. The van der Waals surface area contributed by atoms with Crippen LogP contribution >= 0.6 is 34.5 Å². The van der Waals surface area contributed by atoms with Crippen molar-refractivity contribution in [2.45, 2.75) is 32.1 Å². The van der Waals surface area contributed by atoms with E-state index in [0.29, 0.717) is 31.5 Å². The van der Waals surface area contributed by atoms with E-state index in [4.69, 9.17) is 32.7 Å². The number of benzene rings is 1. The number of methoxy groups -OCH3 is 1. The molecule has 1 aromatic carbocycles. The zero-order chi connectivity index (χ0) is 22.0. The lowest BCUT2D eigenvalue weighted by molar-refractivity contribution is -0.118. The largest absolute Gasteiger partial charge is 0.467 e. The maximum atomic E-state index is 12.6. The van der Waals surface area contributed by atoms with Crippen LogP contribution in [0.1, 0.15) is 40.1 Å². The second kappa shape index (κ2) is 9.38. The van der Waals surface area contributed by atoms with Crippen LogP contribution in [0.4, 0.5) is 5.00 Å². The number of halogens is 2. The van der Waals surface area contributed by atoms with Gasteiger partial charge >= 0.3 is 5.97 Å². The van der Waals surface area contributed by atoms with Crippen LogP contribution in [0.2, 0.25) is 10.0 Å². The Kier molecular flexibility index (Phi) is 6.60. The Hall–Kier alpha value is -2.42. The number of hydrogen-bond acceptors (Lipinski definition) is 7. The Balaban J connectivity index is 1.54. The van der Waals surface area contributed by atoms with Crippen molar-refractivity contribution in [3.05, 3.63) is 44.5 Å². The number of nitrogens with zero attached hydrogens (tertiary/aromatic N) is 2. The summed E-state index contributed by atoms with van der Waals surface area (Å²) < 4.78 is 10.6. The van der Waals surface area contributed by atoms with Gasteiger partial charge in [-0.1, -0.05) is 29.6 Å². The Morgan fingerprint density at radius 3 is 2.77 bits per heavy atom. The summed E-state index contributed by atoms with van der Waals surface area (Å²) in [6.07, 6.45) is 6.20. The van der Waals surface area contributed by atoms with Gasteiger partial charge in [0.2, 0.25) is 5.88 Å². The Morgan fingerprint density at radius 1 is 1.16 bits per heavy atom. The van der Waals surface area contributed by atoms with Gasteiger partial charge < -0.3 is 14.8 Å². The molecule has 2 aromatic heterocycles. The average molecular weight is 480 g/mol. The minimum atomic E-state index is -0.443. The average Bonchev–Trinajstić information content (AvgIpc) is 2.91. The highest BCUT2D eigenvalue weighted by Crippen LogP contribution is 2.38. The standard InChI is InChI=1S/C21H19Cl2N3O4S/c1-29-21(28)17-12-5-3-2-4-6-15(12)31-20(17)26-16(27)9-30-19-13-7-11(22)8-14(23)18(13)24-10-25-19/h7-8,10H,2-6,9H2,1H3,(H,26,27). The Labute approximate surface area is 192 Å². The van der Waals surface area contributed by atoms with Crippen molar-refractivity contribution < 1.29 is 19.1 Å². The van der Waals surface area contributed by atoms with Gasteiger partial charge in [-0.15, -0.1) is 11.3 Å². The molecule has 31 heavy (non-hydrogen) atoms. The zero-order valence-corrected chi connectivity index (χ0v) is 19.0. The molecule has 0 atom stereocenters. The molecule has 1 aliphatic carbocycles. The molecule has 1 amide bonds. The third kappa shape index (κ3) is 4.61. The number of aromatic nitrogens is 2. The monoisotopic (exact) mass is 479 g/mol. The summed E-state index contributed by atoms with van der Waals surface area (Å²) >= 11 is 13.7. The van der Waals surface area contributed by atoms with Crippen LogP contribution < -0.4 is 10.1 Å². The molecule has 7 nitrogen and oxygen atoms in total. The predicted molar refractivity (Wildman–Crippen MR) is 121 cm³/mol. The second-order valence-electron chi connectivity index (χ2n) is 7.06. The lowest BCUT2D eigenvalue weighted by Crippen LogP contribution is -2.21. The van der Waals surface area contributed by atoms with Crippen LogP contribution in [-0.4, -0.2) is 35.6 Å². The predicted octanol–water partition coefficient (Wildman–Crippen LogP) is 5.07.